The summed E-state index contributed by atoms with van der Waals surface area (Å²) in [5, 5.41) is 6.79. The van der Waals surface area contributed by atoms with Crippen LogP contribution in [0.3, 0.4) is 0 Å². The number of nitrogens with zero attached hydrogens (tertiary/aromatic N) is 2. The summed E-state index contributed by atoms with van der Waals surface area (Å²) in [7, 11) is 0. The lowest BCUT2D eigenvalue weighted by Gasteiger charge is -2.10. The maximum absolute atomic E-state index is 12.0. The molecule has 0 atom stereocenters. The van der Waals surface area contributed by atoms with E-state index in [4.69, 9.17) is 4.52 Å². The van der Waals surface area contributed by atoms with E-state index < -0.39 is 0 Å². The van der Waals surface area contributed by atoms with Gasteiger partial charge in [0.25, 0.3) is 5.91 Å². The lowest BCUT2D eigenvalue weighted by atomic mass is 9.97. The Balaban J connectivity index is 1.87. The molecule has 2 rings (SSSR count). The molecule has 0 saturated carbocycles. The van der Waals surface area contributed by atoms with Gasteiger partial charge in [0.2, 0.25) is 5.89 Å². The number of hydrogen-bond acceptors (Lipinski definition) is 4. The summed E-state index contributed by atoms with van der Waals surface area (Å²) in [5.74, 6) is 1.14. The summed E-state index contributed by atoms with van der Waals surface area (Å²) in [6.45, 7) is 8.50. The number of rotatable bonds is 4. The van der Waals surface area contributed by atoms with E-state index in [2.05, 4.69) is 15.5 Å². The van der Waals surface area contributed by atoms with Crippen LogP contribution >= 0.6 is 0 Å². The van der Waals surface area contributed by atoms with E-state index in [-0.39, 0.29) is 11.3 Å². The third kappa shape index (κ3) is 4.15. The number of hydrogen-bond donors (Lipinski definition) is 1. The lowest BCUT2D eigenvalue weighted by Crippen LogP contribution is -2.26. The fourth-order valence-electron chi connectivity index (χ4n) is 1.84. The molecule has 0 unspecified atom stereocenters. The van der Waals surface area contributed by atoms with Crippen LogP contribution in [0.4, 0.5) is 0 Å². The van der Waals surface area contributed by atoms with Gasteiger partial charge in [-0.1, -0.05) is 43.6 Å². The van der Waals surface area contributed by atoms with Crippen molar-refractivity contribution < 1.29 is 9.32 Å². The summed E-state index contributed by atoms with van der Waals surface area (Å²) in [6, 6.07) is 7.50. The van der Waals surface area contributed by atoms with E-state index >= 15 is 0 Å². The Morgan fingerprint density at radius 3 is 2.71 bits per heavy atom. The number of aromatic nitrogens is 2. The van der Waals surface area contributed by atoms with Crippen molar-refractivity contribution in [3.8, 4) is 0 Å². The minimum atomic E-state index is -0.157. The number of aryl methyl sites for hydroxylation is 1. The molecule has 1 aromatic heterocycles. The van der Waals surface area contributed by atoms with Crippen molar-refractivity contribution in [2.45, 2.75) is 39.5 Å². The van der Waals surface area contributed by atoms with Crippen molar-refractivity contribution in [2.24, 2.45) is 0 Å². The predicted molar refractivity (Wildman–Crippen MR) is 80.2 cm³/mol. The SMILES string of the molecule is Cc1cccc(C(=O)NCCc2noc(C(C)(C)C)n2)c1. The highest BCUT2D eigenvalue weighted by Crippen LogP contribution is 2.19. The molecule has 0 fully saturated rings. The highest BCUT2D eigenvalue weighted by molar-refractivity contribution is 5.94. The third-order valence-electron chi connectivity index (χ3n) is 3.02. The van der Waals surface area contributed by atoms with Gasteiger partial charge in [-0.05, 0) is 19.1 Å². The van der Waals surface area contributed by atoms with Crippen molar-refractivity contribution in [1.82, 2.24) is 15.5 Å². The average molecular weight is 287 g/mol. The second-order valence-electron chi connectivity index (χ2n) is 6.14. The molecule has 0 spiro atoms. The van der Waals surface area contributed by atoms with E-state index in [1.165, 1.54) is 0 Å². The first kappa shape index (κ1) is 15.2. The van der Waals surface area contributed by atoms with E-state index in [0.717, 1.165) is 5.56 Å². The normalized spacial score (nSPS) is 11.4. The standard InChI is InChI=1S/C16H21N3O2/c1-11-6-5-7-12(10-11)14(20)17-9-8-13-18-15(21-19-13)16(2,3)4/h5-7,10H,8-9H2,1-4H3,(H,17,20). The van der Waals surface area contributed by atoms with Gasteiger partial charge in [-0.3, -0.25) is 4.79 Å². The first-order valence-corrected chi connectivity index (χ1v) is 7.04. The molecule has 5 nitrogen and oxygen atoms in total. The molecule has 1 N–H and O–H groups in total. The van der Waals surface area contributed by atoms with Gasteiger partial charge in [0.15, 0.2) is 5.82 Å². The Labute approximate surface area is 124 Å². The molecule has 0 radical (unpaired) electrons. The highest BCUT2D eigenvalue weighted by Gasteiger charge is 2.21. The molecular weight excluding hydrogens is 266 g/mol. The fourth-order valence-corrected chi connectivity index (χ4v) is 1.84. The smallest absolute Gasteiger partial charge is 0.251 e. The van der Waals surface area contributed by atoms with Crippen molar-refractivity contribution in [3.63, 3.8) is 0 Å². The maximum Gasteiger partial charge on any atom is 0.251 e. The molecule has 0 aliphatic carbocycles. The molecule has 1 amide bonds. The monoisotopic (exact) mass is 287 g/mol. The zero-order valence-corrected chi connectivity index (χ0v) is 12.9. The van der Waals surface area contributed by atoms with Gasteiger partial charge in [0.1, 0.15) is 0 Å². The summed E-state index contributed by atoms with van der Waals surface area (Å²) >= 11 is 0. The Hall–Kier alpha value is -2.17. The van der Waals surface area contributed by atoms with E-state index in [0.29, 0.717) is 30.2 Å². The minimum Gasteiger partial charge on any atom is -0.352 e. The van der Waals surface area contributed by atoms with Gasteiger partial charge in [0.05, 0.1) is 0 Å². The summed E-state index contributed by atoms with van der Waals surface area (Å²) in [6.07, 6.45) is 0.553. The van der Waals surface area contributed by atoms with Gasteiger partial charge in [-0.25, -0.2) is 0 Å². The van der Waals surface area contributed by atoms with Crippen LogP contribution < -0.4 is 5.32 Å². The van der Waals surface area contributed by atoms with Crippen LogP contribution in [0, 0.1) is 6.92 Å². The van der Waals surface area contributed by atoms with Crippen LogP contribution in [0.5, 0.6) is 0 Å². The van der Waals surface area contributed by atoms with Gasteiger partial charge in [-0.2, -0.15) is 4.98 Å². The molecule has 0 aliphatic heterocycles. The van der Waals surface area contributed by atoms with E-state index in [9.17, 15) is 4.79 Å². The molecule has 0 aliphatic rings. The maximum atomic E-state index is 12.0. The molecule has 0 bridgehead atoms. The van der Waals surface area contributed by atoms with Gasteiger partial charge in [0, 0.05) is 23.9 Å². The first-order valence-electron chi connectivity index (χ1n) is 7.04. The van der Waals surface area contributed by atoms with Crippen LogP contribution in [0.25, 0.3) is 0 Å². The minimum absolute atomic E-state index is 0.0850. The predicted octanol–water partition coefficient (Wildman–Crippen LogP) is 2.65. The van der Waals surface area contributed by atoms with E-state index in [1.807, 2.05) is 45.9 Å². The lowest BCUT2D eigenvalue weighted by molar-refractivity contribution is 0.0954. The summed E-state index contributed by atoms with van der Waals surface area (Å²) in [4.78, 5) is 16.3. The van der Waals surface area contributed by atoms with Crippen molar-refractivity contribution in [2.75, 3.05) is 6.54 Å². The number of benzene rings is 1. The summed E-state index contributed by atoms with van der Waals surface area (Å²) in [5.41, 5.74) is 1.57. The van der Waals surface area contributed by atoms with Gasteiger partial charge < -0.3 is 9.84 Å². The topological polar surface area (TPSA) is 68.0 Å². The second-order valence-corrected chi connectivity index (χ2v) is 6.14. The fraction of sp³-hybridized carbons (Fsp3) is 0.438. The number of nitrogens with one attached hydrogen (secondary N) is 1. The second kappa shape index (κ2) is 6.08. The van der Waals surface area contributed by atoms with Crippen LogP contribution in [0.15, 0.2) is 28.8 Å². The molecule has 0 saturated heterocycles. The largest absolute Gasteiger partial charge is 0.352 e. The van der Waals surface area contributed by atoms with Gasteiger partial charge in [-0.15, -0.1) is 0 Å². The molecule has 1 aromatic carbocycles. The average Bonchev–Trinajstić information content (AvgIpc) is 2.87. The Morgan fingerprint density at radius 1 is 1.33 bits per heavy atom. The molecular formula is C16H21N3O2. The quantitative estimate of drug-likeness (QED) is 0.938. The third-order valence-corrected chi connectivity index (χ3v) is 3.02. The Morgan fingerprint density at radius 2 is 2.10 bits per heavy atom. The number of amides is 1. The molecule has 5 heteroatoms. The molecule has 1 heterocycles. The van der Waals surface area contributed by atoms with E-state index in [1.54, 1.807) is 6.07 Å². The highest BCUT2D eigenvalue weighted by atomic mass is 16.5. The van der Waals surface area contributed by atoms with Gasteiger partial charge >= 0.3 is 0 Å². The van der Waals surface area contributed by atoms with Crippen molar-refractivity contribution in [3.05, 3.63) is 47.1 Å². The first-order chi connectivity index (χ1) is 9.86. The number of carbonyl (C=O) groups is 1. The van der Waals surface area contributed by atoms with Crippen LogP contribution in [-0.4, -0.2) is 22.6 Å². The van der Waals surface area contributed by atoms with Crippen LogP contribution in [-0.2, 0) is 11.8 Å². The molecule has 21 heavy (non-hydrogen) atoms. The van der Waals surface area contributed by atoms with Crippen LogP contribution in [0.1, 0.15) is 48.4 Å². The Kier molecular flexibility index (Phi) is 4.40. The molecule has 2 aromatic rings. The summed E-state index contributed by atoms with van der Waals surface area (Å²) < 4.78 is 5.21. The molecule has 112 valence electrons. The van der Waals surface area contributed by atoms with Crippen LogP contribution in [0.2, 0.25) is 0 Å². The number of carbonyl (C=O) groups excluding carboxylic acids is 1. The zero-order valence-electron chi connectivity index (χ0n) is 12.9. The Bertz CT molecular complexity index is 626. The van der Waals surface area contributed by atoms with Crippen molar-refractivity contribution in [1.29, 1.82) is 0 Å². The van der Waals surface area contributed by atoms with Crippen molar-refractivity contribution >= 4 is 5.91 Å². The zero-order chi connectivity index (χ0) is 15.5.